The lowest BCUT2D eigenvalue weighted by molar-refractivity contribution is -0.131. The van der Waals surface area contributed by atoms with Crippen LogP contribution in [0.25, 0.3) is 0 Å². The van der Waals surface area contributed by atoms with Gasteiger partial charge in [0.25, 0.3) is 0 Å². The van der Waals surface area contributed by atoms with Crippen LogP contribution in [0.2, 0.25) is 0 Å². The Morgan fingerprint density at radius 3 is 2.16 bits per heavy atom. The van der Waals surface area contributed by atoms with Gasteiger partial charge in [-0.2, -0.15) is 0 Å². The molecule has 0 spiro atoms. The van der Waals surface area contributed by atoms with Crippen LogP contribution in [0.5, 0.6) is 0 Å². The van der Waals surface area contributed by atoms with Crippen LogP contribution in [0, 0.1) is 0 Å². The number of halogens is 1. The molecule has 7 heteroatoms. The van der Waals surface area contributed by atoms with Gasteiger partial charge < -0.3 is 10.6 Å². The highest BCUT2D eigenvalue weighted by atomic mass is 35.5. The summed E-state index contributed by atoms with van der Waals surface area (Å²) < 4.78 is 22.6. The zero-order chi connectivity index (χ0) is 13.9. The summed E-state index contributed by atoms with van der Waals surface area (Å²) >= 11 is 0. The first-order valence-corrected chi connectivity index (χ1v) is 7.40. The average Bonchev–Trinajstić information content (AvgIpc) is 2.27. The fourth-order valence-electron chi connectivity index (χ4n) is 1.54. The van der Waals surface area contributed by atoms with E-state index in [0.29, 0.717) is 6.54 Å². The maximum absolute atomic E-state index is 11.6. The van der Waals surface area contributed by atoms with Gasteiger partial charge in [0, 0.05) is 19.8 Å². The first kappa shape index (κ1) is 17.9. The van der Waals surface area contributed by atoms with Gasteiger partial charge in [-0.25, -0.2) is 8.42 Å². The summed E-state index contributed by atoms with van der Waals surface area (Å²) in [7, 11) is -1.52. The van der Waals surface area contributed by atoms with Crippen molar-refractivity contribution in [3.63, 3.8) is 0 Å². The van der Waals surface area contributed by atoms with E-state index in [9.17, 15) is 13.2 Å². The molecular weight excluding hydrogens is 288 g/mol. The van der Waals surface area contributed by atoms with E-state index in [1.807, 2.05) is 0 Å². The molecule has 108 valence electrons. The number of hydrogen-bond donors (Lipinski definition) is 1. The second-order valence-electron chi connectivity index (χ2n) is 4.40. The largest absolute Gasteiger partial charge is 0.340 e. The topological polar surface area (TPSA) is 80.5 Å². The van der Waals surface area contributed by atoms with Crippen molar-refractivity contribution in [1.29, 1.82) is 0 Å². The molecule has 2 N–H and O–H groups in total. The Bertz CT molecular complexity index is 526. The fraction of sp³-hybridized carbons (Fsp3) is 0.417. The molecule has 0 unspecified atom stereocenters. The van der Waals surface area contributed by atoms with Gasteiger partial charge in [-0.1, -0.05) is 12.1 Å². The molecule has 0 bridgehead atoms. The lowest BCUT2D eigenvalue weighted by atomic mass is 10.2. The number of carbonyl (C=O) groups is 1. The van der Waals surface area contributed by atoms with Crippen LogP contribution in [0.4, 0.5) is 0 Å². The maximum atomic E-state index is 11.6. The molecule has 0 aliphatic rings. The maximum Gasteiger partial charge on any atom is 0.239 e. The Morgan fingerprint density at radius 1 is 1.32 bits per heavy atom. The molecule has 0 heterocycles. The van der Waals surface area contributed by atoms with E-state index in [1.165, 1.54) is 17.0 Å². The third kappa shape index (κ3) is 5.18. The van der Waals surface area contributed by atoms with E-state index in [1.54, 1.807) is 26.1 Å². The van der Waals surface area contributed by atoms with Crippen LogP contribution in [0.3, 0.4) is 0 Å². The number of benzene rings is 1. The van der Waals surface area contributed by atoms with Crippen LogP contribution in [0.15, 0.2) is 29.2 Å². The SMILES string of the molecule is C[C@@H](N)C(=O)N(C)Cc1ccc(S(C)(=O)=O)cc1.Cl. The van der Waals surface area contributed by atoms with E-state index in [-0.39, 0.29) is 23.2 Å². The number of hydrogen-bond acceptors (Lipinski definition) is 4. The molecule has 1 aromatic carbocycles. The van der Waals surface area contributed by atoms with Gasteiger partial charge in [0.2, 0.25) is 5.91 Å². The molecule has 0 saturated carbocycles. The van der Waals surface area contributed by atoms with Gasteiger partial charge in [-0.15, -0.1) is 12.4 Å². The number of nitrogens with two attached hydrogens (primary N) is 1. The highest BCUT2D eigenvalue weighted by molar-refractivity contribution is 7.90. The summed E-state index contributed by atoms with van der Waals surface area (Å²) in [6, 6.07) is 5.93. The van der Waals surface area contributed by atoms with Gasteiger partial charge >= 0.3 is 0 Å². The summed E-state index contributed by atoms with van der Waals surface area (Å²) in [6.45, 7) is 2.04. The van der Waals surface area contributed by atoms with Crippen molar-refractivity contribution in [1.82, 2.24) is 4.90 Å². The normalized spacial score (nSPS) is 12.4. The highest BCUT2D eigenvalue weighted by Crippen LogP contribution is 2.11. The lowest BCUT2D eigenvalue weighted by Crippen LogP contribution is -2.39. The minimum absolute atomic E-state index is 0. The third-order valence-corrected chi connectivity index (χ3v) is 3.67. The average molecular weight is 307 g/mol. The molecule has 5 nitrogen and oxygen atoms in total. The Hall–Kier alpha value is -1.11. The van der Waals surface area contributed by atoms with Crippen LogP contribution in [-0.4, -0.2) is 38.6 Å². The molecule has 0 saturated heterocycles. The number of nitrogens with zero attached hydrogens (tertiary/aromatic N) is 1. The second-order valence-corrected chi connectivity index (χ2v) is 6.41. The van der Waals surface area contributed by atoms with Crippen LogP contribution >= 0.6 is 12.4 Å². The summed E-state index contributed by atoms with van der Waals surface area (Å²) in [6.07, 6.45) is 1.16. The van der Waals surface area contributed by atoms with Crippen LogP contribution in [-0.2, 0) is 21.2 Å². The summed E-state index contributed by atoms with van der Waals surface area (Å²) in [4.78, 5) is 13.4. The molecule has 0 fully saturated rings. The zero-order valence-electron chi connectivity index (χ0n) is 11.2. The van der Waals surface area contributed by atoms with Crippen LogP contribution in [0.1, 0.15) is 12.5 Å². The third-order valence-electron chi connectivity index (χ3n) is 2.54. The van der Waals surface area contributed by atoms with Gasteiger partial charge in [-0.05, 0) is 24.6 Å². The monoisotopic (exact) mass is 306 g/mol. The first-order valence-electron chi connectivity index (χ1n) is 5.51. The van der Waals surface area contributed by atoms with Gasteiger partial charge in [-0.3, -0.25) is 4.79 Å². The molecule has 1 rings (SSSR count). The van der Waals surface area contributed by atoms with Crippen molar-refractivity contribution in [3.8, 4) is 0 Å². The number of sulfone groups is 1. The Morgan fingerprint density at radius 2 is 1.79 bits per heavy atom. The molecule has 1 aromatic rings. The van der Waals surface area contributed by atoms with Gasteiger partial charge in [0.15, 0.2) is 9.84 Å². The zero-order valence-corrected chi connectivity index (χ0v) is 12.8. The standard InChI is InChI=1S/C12H18N2O3S.ClH/c1-9(13)12(15)14(2)8-10-4-6-11(7-5-10)18(3,16)17;/h4-7,9H,8,13H2,1-3H3;1H/t9-;/m1./s1. The molecule has 0 aliphatic heterocycles. The van der Waals surface area contributed by atoms with E-state index in [0.717, 1.165) is 11.8 Å². The highest BCUT2D eigenvalue weighted by Gasteiger charge is 2.13. The van der Waals surface area contributed by atoms with Crippen molar-refractivity contribution in [2.24, 2.45) is 5.73 Å². The van der Waals surface area contributed by atoms with E-state index >= 15 is 0 Å². The van der Waals surface area contributed by atoms with Crippen molar-refractivity contribution in [3.05, 3.63) is 29.8 Å². The van der Waals surface area contributed by atoms with Crippen molar-refractivity contribution < 1.29 is 13.2 Å². The first-order chi connectivity index (χ1) is 8.21. The summed E-state index contributed by atoms with van der Waals surface area (Å²) in [5, 5.41) is 0. The smallest absolute Gasteiger partial charge is 0.239 e. The van der Waals surface area contributed by atoms with E-state index < -0.39 is 15.9 Å². The quantitative estimate of drug-likeness (QED) is 0.893. The minimum Gasteiger partial charge on any atom is -0.340 e. The van der Waals surface area contributed by atoms with Gasteiger partial charge in [0.1, 0.15) is 0 Å². The lowest BCUT2D eigenvalue weighted by Gasteiger charge is -2.19. The molecule has 1 amide bonds. The van der Waals surface area contributed by atoms with E-state index in [4.69, 9.17) is 5.73 Å². The second kappa shape index (κ2) is 6.88. The molecule has 0 radical (unpaired) electrons. The van der Waals surface area contributed by atoms with E-state index in [2.05, 4.69) is 0 Å². The molecule has 1 atom stereocenters. The number of likely N-dealkylation sites (N-methyl/N-ethyl adjacent to an activating group) is 1. The predicted octanol–water partition coefficient (Wildman–Crippen LogP) is 0.818. The predicted molar refractivity (Wildman–Crippen MR) is 76.9 cm³/mol. The number of carbonyl (C=O) groups excluding carboxylic acids is 1. The summed E-state index contributed by atoms with van der Waals surface area (Å²) in [5.41, 5.74) is 6.36. The van der Waals surface area contributed by atoms with Gasteiger partial charge in [0.05, 0.1) is 10.9 Å². The Kier molecular flexibility index (Phi) is 6.48. The molecule has 19 heavy (non-hydrogen) atoms. The Balaban J connectivity index is 0.00000324. The molecular formula is C12H19ClN2O3S. The van der Waals surface area contributed by atoms with Crippen molar-refractivity contribution in [2.75, 3.05) is 13.3 Å². The van der Waals surface area contributed by atoms with Crippen molar-refractivity contribution >= 4 is 28.2 Å². The van der Waals surface area contributed by atoms with Crippen molar-refractivity contribution in [2.45, 2.75) is 24.4 Å². The minimum atomic E-state index is -3.18. The van der Waals surface area contributed by atoms with Crippen LogP contribution < -0.4 is 5.73 Å². The molecule has 0 aliphatic carbocycles. The number of amides is 1. The Labute approximate surface area is 120 Å². The summed E-state index contributed by atoms with van der Waals surface area (Å²) in [5.74, 6) is -0.151. The molecule has 0 aromatic heterocycles. The number of rotatable bonds is 4. The fourth-order valence-corrected chi connectivity index (χ4v) is 2.17.